The number of piperazine rings is 1. The topological polar surface area (TPSA) is 41.4 Å². The van der Waals surface area contributed by atoms with Gasteiger partial charge in [0.25, 0.3) is 5.91 Å². The number of carbonyl (C=O) groups is 1. The van der Waals surface area contributed by atoms with Gasteiger partial charge in [-0.25, -0.2) is 4.39 Å². The van der Waals surface area contributed by atoms with Gasteiger partial charge in [0.05, 0.1) is 11.4 Å². The minimum Gasteiger partial charge on any atom is -0.366 e. The van der Waals surface area contributed by atoms with Crippen LogP contribution in [0.5, 0.6) is 0 Å². The number of amides is 1. The van der Waals surface area contributed by atoms with E-state index in [1.165, 1.54) is 6.07 Å². The van der Waals surface area contributed by atoms with Crippen LogP contribution in [0.25, 0.3) is 11.1 Å². The van der Waals surface area contributed by atoms with E-state index in [0.29, 0.717) is 37.4 Å². The number of carbonyl (C=O) groups excluding carboxylic acids is 1. The van der Waals surface area contributed by atoms with Crippen molar-refractivity contribution in [3.8, 4) is 11.1 Å². The van der Waals surface area contributed by atoms with Gasteiger partial charge in [-0.15, -0.1) is 0 Å². The lowest BCUT2D eigenvalue weighted by Crippen LogP contribution is -2.49. The van der Waals surface area contributed by atoms with Gasteiger partial charge in [-0.05, 0) is 36.8 Å². The number of benzene rings is 2. The predicted octanol–water partition coefficient (Wildman–Crippen LogP) is 3.50. The molecule has 4 rings (SSSR count). The molecular formula is C22H23FN4O. The molecule has 2 heterocycles. The molecule has 2 aromatic carbocycles. The smallest absolute Gasteiger partial charge is 0.253 e. The molecule has 0 aliphatic carbocycles. The Hall–Kier alpha value is -3.15. The molecule has 0 unspecified atom stereocenters. The first-order valence-corrected chi connectivity index (χ1v) is 9.42. The summed E-state index contributed by atoms with van der Waals surface area (Å²) in [4.78, 5) is 16.8. The predicted molar refractivity (Wildman–Crippen MR) is 108 cm³/mol. The van der Waals surface area contributed by atoms with E-state index in [2.05, 4.69) is 5.10 Å². The highest BCUT2D eigenvalue weighted by molar-refractivity contribution is 5.95. The van der Waals surface area contributed by atoms with Crippen LogP contribution in [0.4, 0.5) is 10.1 Å². The maximum absolute atomic E-state index is 14.0. The molecule has 1 aromatic heterocycles. The van der Waals surface area contributed by atoms with Crippen molar-refractivity contribution < 1.29 is 9.18 Å². The summed E-state index contributed by atoms with van der Waals surface area (Å²) in [5.41, 5.74) is 4.22. The maximum atomic E-state index is 14.0. The Bertz CT molecular complexity index is 1010. The quantitative estimate of drug-likeness (QED) is 0.701. The van der Waals surface area contributed by atoms with Gasteiger partial charge >= 0.3 is 0 Å². The number of rotatable bonds is 3. The number of para-hydroxylation sites is 1. The van der Waals surface area contributed by atoms with Gasteiger partial charge < -0.3 is 9.80 Å². The number of aryl methyl sites for hydroxylation is 2. The molecule has 1 aliphatic rings. The molecule has 1 fully saturated rings. The second-order valence-electron chi connectivity index (χ2n) is 7.11. The Labute approximate surface area is 164 Å². The second kappa shape index (κ2) is 7.46. The Balaban J connectivity index is 1.48. The molecule has 0 bridgehead atoms. The Kier molecular flexibility index (Phi) is 4.86. The van der Waals surface area contributed by atoms with E-state index in [1.54, 1.807) is 16.8 Å². The lowest BCUT2D eigenvalue weighted by molar-refractivity contribution is 0.0746. The standard InChI is InChI=1S/C22H23FN4O/c1-16-19(15-25(2)24-16)17-6-5-7-18(14-17)22(28)27-12-10-26(11-13-27)21-9-4-3-8-20(21)23/h3-9,14-15H,10-13H2,1-2H3. The van der Waals surface area contributed by atoms with Gasteiger partial charge in [0.1, 0.15) is 5.82 Å². The first kappa shape index (κ1) is 18.2. The van der Waals surface area contributed by atoms with E-state index < -0.39 is 0 Å². The van der Waals surface area contributed by atoms with Crippen LogP contribution in [0, 0.1) is 12.7 Å². The summed E-state index contributed by atoms with van der Waals surface area (Å²) in [6.07, 6.45) is 1.96. The molecule has 0 radical (unpaired) electrons. The van der Waals surface area contributed by atoms with Gasteiger partial charge in [-0.2, -0.15) is 5.10 Å². The van der Waals surface area contributed by atoms with Gasteiger partial charge in [-0.1, -0.05) is 24.3 Å². The van der Waals surface area contributed by atoms with Crippen LogP contribution < -0.4 is 4.90 Å². The van der Waals surface area contributed by atoms with E-state index in [0.717, 1.165) is 16.8 Å². The maximum Gasteiger partial charge on any atom is 0.253 e. The molecule has 0 N–H and O–H groups in total. The summed E-state index contributed by atoms with van der Waals surface area (Å²) >= 11 is 0. The molecule has 0 atom stereocenters. The number of nitrogens with zero attached hydrogens (tertiary/aromatic N) is 4. The monoisotopic (exact) mass is 378 g/mol. The molecule has 1 aliphatic heterocycles. The Morgan fingerprint density at radius 3 is 2.46 bits per heavy atom. The number of halogens is 1. The van der Waals surface area contributed by atoms with Gasteiger partial charge in [0.15, 0.2) is 0 Å². The average Bonchev–Trinajstić information content (AvgIpc) is 3.06. The highest BCUT2D eigenvalue weighted by Gasteiger charge is 2.24. The van der Waals surface area contributed by atoms with E-state index >= 15 is 0 Å². The zero-order valence-electron chi connectivity index (χ0n) is 16.1. The van der Waals surface area contributed by atoms with Gasteiger partial charge in [-0.3, -0.25) is 9.48 Å². The largest absolute Gasteiger partial charge is 0.366 e. The van der Waals surface area contributed by atoms with Crippen molar-refractivity contribution in [2.45, 2.75) is 6.92 Å². The molecule has 3 aromatic rings. The number of anilines is 1. The fraction of sp³-hybridized carbons (Fsp3) is 0.273. The summed E-state index contributed by atoms with van der Waals surface area (Å²) in [7, 11) is 1.89. The Morgan fingerprint density at radius 1 is 1.04 bits per heavy atom. The highest BCUT2D eigenvalue weighted by Crippen LogP contribution is 2.25. The molecule has 144 valence electrons. The van der Waals surface area contributed by atoms with Crippen molar-refractivity contribution in [3.05, 3.63) is 71.8 Å². The highest BCUT2D eigenvalue weighted by atomic mass is 19.1. The van der Waals surface area contributed by atoms with Gasteiger partial charge in [0.2, 0.25) is 0 Å². The number of hydrogen-bond acceptors (Lipinski definition) is 3. The first-order chi connectivity index (χ1) is 13.5. The van der Waals surface area contributed by atoms with E-state index in [1.807, 2.05) is 60.3 Å². The van der Waals surface area contributed by atoms with Crippen LogP contribution in [-0.4, -0.2) is 46.8 Å². The van der Waals surface area contributed by atoms with Crippen molar-refractivity contribution in [1.82, 2.24) is 14.7 Å². The van der Waals surface area contributed by atoms with Crippen LogP contribution in [0.2, 0.25) is 0 Å². The van der Waals surface area contributed by atoms with Gasteiger partial charge in [0, 0.05) is 50.6 Å². The summed E-state index contributed by atoms with van der Waals surface area (Å²) in [5, 5.41) is 4.38. The van der Waals surface area contributed by atoms with Crippen LogP contribution in [-0.2, 0) is 7.05 Å². The zero-order chi connectivity index (χ0) is 19.7. The van der Waals surface area contributed by atoms with E-state index in [4.69, 9.17) is 0 Å². The zero-order valence-corrected chi connectivity index (χ0v) is 16.1. The summed E-state index contributed by atoms with van der Waals surface area (Å²) in [6.45, 7) is 4.35. The Morgan fingerprint density at radius 2 is 1.79 bits per heavy atom. The molecule has 0 spiro atoms. The first-order valence-electron chi connectivity index (χ1n) is 9.42. The summed E-state index contributed by atoms with van der Waals surface area (Å²) in [6, 6.07) is 14.5. The lowest BCUT2D eigenvalue weighted by Gasteiger charge is -2.36. The fourth-order valence-corrected chi connectivity index (χ4v) is 3.74. The SMILES string of the molecule is Cc1nn(C)cc1-c1cccc(C(=O)N2CCN(c3ccccc3F)CC2)c1. The third-order valence-electron chi connectivity index (χ3n) is 5.19. The van der Waals surface area contributed by atoms with E-state index in [-0.39, 0.29) is 11.7 Å². The van der Waals surface area contributed by atoms with Crippen LogP contribution in [0.3, 0.4) is 0 Å². The van der Waals surface area contributed by atoms with Crippen molar-refractivity contribution in [1.29, 1.82) is 0 Å². The third kappa shape index (κ3) is 3.50. The fourth-order valence-electron chi connectivity index (χ4n) is 3.74. The molecule has 1 amide bonds. The number of hydrogen-bond donors (Lipinski definition) is 0. The van der Waals surface area contributed by atoms with Crippen molar-refractivity contribution in [3.63, 3.8) is 0 Å². The van der Waals surface area contributed by atoms with Crippen molar-refractivity contribution in [2.75, 3.05) is 31.1 Å². The molecule has 5 nitrogen and oxygen atoms in total. The lowest BCUT2D eigenvalue weighted by atomic mass is 10.0. The molecule has 28 heavy (non-hydrogen) atoms. The van der Waals surface area contributed by atoms with Crippen LogP contribution in [0.15, 0.2) is 54.7 Å². The molecular weight excluding hydrogens is 355 g/mol. The second-order valence-corrected chi connectivity index (χ2v) is 7.11. The molecule has 0 saturated carbocycles. The normalized spacial score (nSPS) is 14.4. The molecule has 6 heteroatoms. The minimum atomic E-state index is -0.221. The molecule has 1 saturated heterocycles. The third-order valence-corrected chi connectivity index (χ3v) is 5.19. The van der Waals surface area contributed by atoms with Crippen LogP contribution >= 0.6 is 0 Å². The van der Waals surface area contributed by atoms with E-state index in [9.17, 15) is 9.18 Å². The average molecular weight is 378 g/mol. The van der Waals surface area contributed by atoms with Crippen LogP contribution in [0.1, 0.15) is 16.1 Å². The minimum absolute atomic E-state index is 0.0107. The van der Waals surface area contributed by atoms with Crippen molar-refractivity contribution in [2.24, 2.45) is 7.05 Å². The summed E-state index contributed by atoms with van der Waals surface area (Å²) < 4.78 is 15.8. The van der Waals surface area contributed by atoms with Crippen molar-refractivity contribution >= 4 is 11.6 Å². The summed E-state index contributed by atoms with van der Waals surface area (Å²) in [5.74, 6) is -0.210. The number of aromatic nitrogens is 2.